The number of nitrogens with zero attached hydrogens (tertiary/aromatic N) is 1. The van der Waals surface area contributed by atoms with E-state index in [1.807, 2.05) is 18.8 Å². The van der Waals surface area contributed by atoms with Gasteiger partial charge in [0.2, 0.25) is 0 Å². The van der Waals surface area contributed by atoms with Gasteiger partial charge in [-0.25, -0.2) is 0 Å². The lowest BCUT2D eigenvalue weighted by Crippen LogP contribution is -2.48. The second-order valence-electron chi connectivity index (χ2n) is 3.17. The highest BCUT2D eigenvalue weighted by molar-refractivity contribution is 8.13. The molecule has 1 aliphatic rings. The third-order valence-corrected chi connectivity index (χ3v) is 3.25. The molecule has 1 heterocycles. The SMILES string of the molecule is CCC1(C)CCSC(=NC)N1. The topological polar surface area (TPSA) is 24.4 Å². The Labute approximate surface area is 72.9 Å². The van der Waals surface area contributed by atoms with Crippen LogP contribution in [0.1, 0.15) is 26.7 Å². The standard InChI is InChI=1S/C8H16N2S/c1-4-8(2)5-6-11-7(9-3)10-8/h4-6H2,1-3H3,(H,9,10). The maximum absolute atomic E-state index is 4.16. The Morgan fingerprint density at radius 1 is 1.73 bits per heavy atom. The Balaban J connectivity index is 2.59. The molecule has 11 heavy (non-hydrogen) atoms. The molecule has 1 aliphatic heterocycles. The zero-order valence-electron chi connectivity index (χ0n) is 7.48. The molecule has 1 N–H and O–H groups in total. The van der Waals surface area contributed by atoms with Crippen LogP contribution in [0.4, 0.5) is 0 Å². The van der Waals surface area contributed by atoms with Crippen molar-refractivity contribution in [2.45, 2.75) is 32.2 Å². The van der Waals surface area contributed by atoms with Gasteiger partial charge >= 0.3 is 0 Å². The average Bonchev–Trinajstić information content (AvgIpc) is 2.05. The van der Waals surface area contributed by atoms with Crippen LogP contribution < -0.4 is 5.32 Å². The predicted octanol–water partition coefficient (Wildman–Crippen LogP) is 1.87. The van der Waals surface area contributed by atoms with E-state index in [1.165, 1.54) is 18.6 Å². The van der Waals surface area contributed by atoms with Gasteiger partial charge in [-0.1, -0.05) is 18.7 Å². The van der Waals surface area contributed by atoms with Crippen LogP contribution in [-0.4, -0.2) is 23.5 Å². The Morgan fingerprint density at radius 2 is 2.45 bits per heavy atom. The van der Waals surface area contributed by atoms with Crippen molar-refractivity contribution in [1.29, 1.82) is 0 Å². The van der Waals surface area contributed by atoms with Gasteiger partial charge in [0.1, 0.15) is 0 Å². The molecule has 1 saturated heterocycles. The summed E-state index contributed by atoms with van der Waals surface area (Å²) < 4.78 is 0. The van der Waals surface area contributed by atoms with E-state index >= 15 is 0 Å². The molecular formula is C8H16N2S. The number of hydrogen-bond donors (Lipinski definition) is 1. The monoisotopic (exact) mass is 172 g/mol. The van der Waals surface area contributed by atoms with Gasteiger partial charge in [0.25, 0.3) is 0 Å². The van der Waals surface area contributed by atoms with E-state index in [1.54, 1.807) is 0 Å². The molecule has 1 unspecified atom stereocenters. The molecule has 0 aromatic rings. The maximum atomic E-state index is 4.16. The molecule has 0 amide bonds. The molecule has 0 bridgehead atoms. The zero-order chi connectivity index (χ0) is 8.32. The summed E-state index contributed by atoms with van der Waals surface area (Å²) in [5.41, 5.74) is 0.292. The van der Waals surface area contributed by atoms with Gasteiger partial charge in [-0.05, 0) is 19.8 Å². The van der Waals surface area contributed by atoms with E-state index in [0.29, 0.717) is 5.54 Å². The summed E-state index contributed by atoms with van der Waals surface area (Å²) >= 11 is 1.82. The van der Waals surface area contributed by atoms with Crippen molar-refractivity contribution in [3.8, 4) is 0 Å². The zero-order valence-corrected chi connectivity index (χ0v) is 8.29. The second kappa shape index (κ2) is 3.48. The van der Waals surface area contributed by atoms with E-state index in [2.05, 4.69) is 24.2 Å². The van der Waals surface area contributed by atoms with Gasteiger partial charge in [0, 0.05) is 18.3 Å². The minimum atomic E-state index is 0.292. The van der Waals surface area contributed by atoms with Crippen molar-refractivity contribution >= 4 is 16.9 Å². The lowest BCUT2D eigenvalue weighted by molar-refractivity contribution is 0.390. The number of amidine groups is 1. The van der Waals surface area contributed by atoms with Crippen molar-refractivity contribution in [1.82, 2.24) is 5.32 Å². The normalized spacial score (nSPS) is 35.4. The molecule has 1 atom stereocenters. The highest BCUT2D eigenvalue weighted by atomic mass is 32.2. The fourth-order valence-electron chi connectivity index (χ4n) is 1.12. The number of nitrogens with one attached hydrogen (secondary N) is 1. The Morgan fingerprint density at radius 3 is 3.00 bits per heavy atom. The lowest BCUT2D eigenvalue weighted by Gasteiger charge is -2.34. The summed E-state index contributed by atoms with van der Waals surface area (Å²) in [5.74, 6) is 1.20. The van der Waals surface area contributed by atoms with Gasteiger partial charge in [-0.2, -0.15) is 0 Å². The van der Waals surface area contributed by atoms with Crippen LogP contribution in [0.2, 0.25) is 0 Å². The molecule has 0 spiro atoms. The van der Waals surface area contributed by atoms with E-state index in [-0.39, 0.29) is 0 Å². The van der Waals surface area contributed by atoms with Crippen LogP contribution in [0.25, 0.3) is 0 Å². The van der Waals surface area contributed by atoms with E-state index < -0.39 is 0 Å². The quantitative estimate of drug-likeness (QED) is 0.653. The number of aliphatic imine (C=N–C) groups is 1. The summed E-state index contributed by atoms with van der Waals surface area (Å²) in [6.45, 7) is 4.48. The van der Waals surface area contributed by atoms with Gasteiger partial charge in [-0.15, -0.1) is 0 Å². The Hall–Kier alpha value is -0.180. The number of rotatable bonds is 1. The van der Waals surface area contributed by atoms with Crippen molar-refractivity contribution in [2.75, 3.05) is 12.8 Å². The fraction of sp³-hybridized carbons (Fsp3) is 0.875. The minimum absolute atomic E-state index is 0.292. The van der Waals surface area contributed by atoms with Crippen LogP contribution >= 0.6 is 11.8 Å². The largest absolute Gasteiger partial charge is 0.360 e. The molecule has 0 radical (unpaired) electrons. The molecule has 64 valence electrons. The molecule has 1 fully saturated rings. The lowest BCUT2D eigenvalue weighted by atomic mass is 9.96. The minimum Gasteiger partial charge on any atom is -0.360 e. The van der Waals surface area contributed by atoms with Crippen LogP contribution in [0, 0.1) is 0 Å². The summed E-state index contributed by atoms with van der Waals surface area (Å²) in [5, 5.41) is 4.54. The first-order valence-electron chi connectivity index (χ1n) is 4.08. The van der Waals surface area contributed by atoms with Crippen LogP contribution in [0.15, 0.2) is 4.99 Å². The number of thioether (sulfide) groups is 1. The van der Waals surface area contributed by atoms with E-state index in [9.17, 15) is 0 Å². The van der Waals surface area contributed by atoms with Crippen molar-refractivity contribution in [3.05, 3.63) is 0 Å². The maximum Gasteiger partial charge on any atom is 0.156 e. The molecule has 0 saturated carbocycles. The molecular weight excluding hydrogens is 156 g/mol. The Bertz CT molecular complexity index is 167. The summed E-state index contributed by atoms with van der Waals surface area (Å²) in [4.78, 5) is 4.16. The van der Waals surface area contributed by atoms with Gasteiger partial charge in [0.05, 0.1) is 0 Å². The van der Waals surface area contributed by atoms with Crippen LogP contribution in [0.5, 0.6) is 0 Å². The average molecular weight is 172 g/mol. The second-order valence-corrected chi connectivity index (χ2v) is 4.25. The van der Waals surface area contributed by atoms with E-state index in [0.717, 1.165) is 5.17 Å². The van der Waals surface area contributed by atoms with Crippen molar-refractivity contribution in [2.24, 2.45) is 4.99 Å². The van der Waals surface area contributed by atoms with Gasteiger partial charge in [0.15, 0.2) is 5.17 Å². The van der Waals surface area contributed by atoms with E-state index in [4.69, 9.17) is 0 Å². The molecule has 1 rings (SSSR count). The first-order chi connectivity index (χ1) is 5.20. The molecule has 0 aromatic carbocycles. The molecule has 2 nitrogen and oxygen atoms in total. The van der Waals surface area contributed by atoms with Crippen LogP contribution in [-0.2, 0) is 0 Å². The van der Waals surface area contributed by atoms with Crippen LogP contribution in [0.3, 0.4) is 0 Å². The third kappa shape index (κ3) is 2.12. The highest BCUT2D eigenvalue weighted by Gasteiger charge is 2.26. The Kier molecular flexibility index (Phi) is 2.82. The third-order valence-electron chi connectivity index (χ3n) is 2.28. The first kappa shape index (κ1) is 8.91. The van der Waals surface area contributed by atoms with Gasteiger partial charge in [-0.3, -0.25) is 4.99 Å². The number of hydrogen-bond acceptors (Lipinski definition) is 2. The van der Waals surface area contributed by atoms with Gasteiger partial charge < -0.3 is 5.32 Å². The molecule has 3 heteroatoms. The van der Waals surface area contributed by atoms with Crippen molar-refractivity contribution < 1.29 is 0 Å². The fourth-order valence-corrected chi connectivity index (χ4v) is 2.31. The summed E-state index contributed by atoms with van der Waals surface area (Å²) in [6.07, 6.45) is 2.42. The molecule has 0 aromatic heterocycles. The molecule has 0 aliphatic carbocycles. The summed E-state index contributed by atoms with van der Waals surface area (Å²) in [7, 11) is 1.84. The highest BCUT2D eigenvalue weighted by Crippen LogP contribution is 2.24. The predicted molar refractivity (Wildman–Crippen MR) is 52.3 cm³/mol. The first-order valence-corrected chi connectivity index (χ1v) is 5.06. The smallest absolute Gasteiger partial charge is 0.156 e. The van der Waals surface area contributed by atoms with Crippen molar-refractivity contribution in [3.63, 3.8) is 0 Å². The summed E-state index contributed by atoms with van der Waals surface area (Å²) in [6, 6.07) is 0.